The van der Waals surface area contributed by atoms with Gasteiger partial charge in [0.2, 0.25) is 0 Å². The molecule has 0 fully saturated rings. The Bertz CT molecular complexity index is 556. The second-order valence-corrected chi connectivity index (χ2v) is 5.33. The highest BCUT2D eigenvalue weighted by atomic mass is 16.6. The first-order chi connectivity index (χ1) is 10.9. The number of hydrogen-bond donors (Lipinski definition) is 0. The van der Waals surface area contributed by atoms with Crippen molar-refractivity contribution < 1.29 is 19.2 Å². The highest BCUT2D eigenvalue weighted by molar-refractivity contribution is 5.94. The number of methoxy groups -OCH3 is 1. The molecule has 1 unspecified atom stereocenters. The molecule has 1 aromatic rings. The Labute approximate surface area is 135 Å². The summed E-state index contributed by atoms with van der Waals surface area (Å²) in [5.74, 6) is -1.05. The van der Waals surface area contributed by atoms with Crippen LogP contribution >= 0.6 is 0 Å². The number of nitrogens with zero attached hydrogens (tertiary/aromatic N) is 2. The van der Waals surface area contributed by atoms with Crippen molar-refractivity contribution in [3.05, 3.63) is 39.9 Å². The lowest BCUT2D eigenvalue weighted by atomic mass is 10.1. The van der Waals surface area contributed by atoms with Crippen LogP contribution in [0.15, 0.2) is 24.3 Å². The third-order valence-corrected chi connectivity index (χ3v) is 3.49. The van der Waals surface area contributed by atoms with Crippen LogP contribution < -0.4 is 0 Å². The molecular weight excluding hydrogens is 300 g/mol. The summed E-state index contributed by atoms with van der Waals surface area (Å²) >= 11 is 0. The average molecular weight is 322 g/mol. The molecule has 0 aromatic heterocycles. The largest absolute Gasteiger partial charge is 0.469 e. The van der Waals surface area contributed by atoms with Gasteiger partial charge in [0, 0.05) is 30.8 Å². The van der Waals surface area contributed by atoms with E-state index in [9.17, 15) is 19.7 Å². The van der Waals surface area contributed by atoms with E-state index in [-0.39, 0.29) is 24.1 Å². The van der Waals surface area contributed by atoms with Gasteiger partial charge >= 0.3 is 5.97 Å². The first kappa shape index (κ1) is 18.6. The minimum atomic E-state index is -0.511. The van der Waals surface area contributed by atoms with Crippen LogP contribution in [0.1, 0.15) is 37.0 Å². The third kappa shape index (κ3) is 5.36. The predicted octanol–water partition coefficient (Wildman–Crippen LogP) is 2.65. The fourth-order valence-electron chi connectivity index (χ4n) is 2.14. The topological polar surface area (TPSA) is 89.8 Å². The number of benzene rings is 1. The van der Waals surface area contributed by atoms with Crippen LogP contribution in [-0.2, 0) is 9.53 Å². The van der Waals surface area contributed by atoms with Crippen molar-refractivity contribution in [3.8, 4) is 0 Å². The van der Waals surface area contributed by atoms with Gasteiger partial charge in [-0.05, 0) is 18.6 Å². The van der Waals surface area contributed by atoms with Crippen molar-refractivity contribution in [1.29, 1.82) is 0 Å². The molecule has 0 aliphatic carbocycles. The number of non-ortho nitro benzene ring substituents is 1. The summed E-state index contributed by atoms with van der Waals surface area (Å²) in [5.41, 5.74) is 0.299. The fourth-order valence-corrected chi connectivity index (χ4v) is 2.14. The lowest BCUT2D eigenvalue weighted by molar-refractivity contribution is -0.384. The van der Waals surface area contributed by atoms with Gasteiger partial charge in [0.15, 0.2) is 0 Å². The molecule has 0 radical (unpaired) electrons. The Hall–Kier alpha value is -2.44. The molecule has 0 saturated carbocycles. The summed E-state index contributed by atoms with van der Waals surface area (Å²) in [6, 6.07) is 5.47. The van der Waals surface area contributed by atoms with E-state index in [1.54, 1.807) is 11.8 Å². The number of carbonyl (C=O) groups excluding carboxylic acids is 2. The first-order valence-electron chi connectivity index (χ1n) is 7.52. The molecule has 7 nitrogen and oxygen atoms in total. The van der Waals surface area contributed by atoms with Crippen LogP contribution in [0.25, 0.3) is 0 Å². The number of carbonyl (C=O) groups is 2. The Morgan fingerprint density at radius 3 is 2.39 bits per heavy atom. The molecule has 7 heteroatoms. The van der Waals surface area contributed by atoms with Gasteiger partial charge in [-0.3, -0.25) is 19.7 Å². The molecule has 0 N–H and O–H groups in total. The van der Waals surface area contributed by atoms with Gasteiger partial charge in [0.25, 0.3) is 11.6 Å². The van der Waals surface area contributed by atoms with Crippen molar-refractivity contribution in [3.63, 3.8) is 0 Å². The maximum absolute atomic E-state index is 12.6. The van der Waals surface area contributed by atoms with E-state index in [1.165, 1.54) is 31.4 Å². The first-order valence-corrected chi connectivity index (χ1v) is 7.52. The number of nitro groups is 1. The Morgan fingerprint density at radius 2 is 1.91 bits per heavy atom. The van der Waals surface area contributed by atoms with Crippen molar-refractivity contribution >= 4 is 17.6 Å². The number of ether oxygens (including phenoxy) is 1. The second kappa shape index (κ2) is 8.87. The second-order valence-electron chi connectivity index (χ2n) is 5.33. The van der Waals surface area contributed by atoms with Crippen LogP contribution in [-0.4, -0.2) is 41.9 Å². The molecule has 0 saturated heterocycles. The van der Waals surface area contributed by atoms with Crippen molar-refractivity contribution in [1.82, 2.24) is 4.90 Å². The average Bonchev–Trinajstić information content (AvgIpc) is 2.56. The van der Waals surface area contributed by atoms with Crippen molar-refractivity contribution in [2.24, 2.45) is 5.92 Å². The zero-order valence-electron chi connectivity index (χ0n) is 13.7. The Kier molecular flexibility index (Phi) is 7.18. The van der Waals surface area contributed by atoms with E-state index in [2.05, 4.69) is 0 Å². The zero-order valence-corrected chi connectivity index (χ0v) is 13.7. The highest BCUT2D eigenvalue weighted by Crippen LogP contribution is 2.15. The van der Waals surface area contributed by atoms with Crippen LogP contribution in [0.5, 0.6) is 0 Å². The number of rotatable bonds is 8. The van der Waals surface area contributed by atoms with Crippen molar-refractivity contribution in [2.45, 2.75) is 26.7 Å². The minimum Gasteiger partial charge on any atom is -0.469 e. The van der Waals surface area contributed by atoms with E-state index in [4.69, 9.17) is 4.74 Å². The molecule has 0 spiro atoms. The molecule has 1 atom stereocenters. The van der Waals surface area contributed by atoms with E-state index in [0.29, 0.717) is 12.1 Å². The highest BCUT2D eigenvalue weighted by Gasteiger charge is 2.22. The van der Waals surface area contributed by atoms with Crippen molar-refractivity contribution in [2.75, 3.05) is 20.2 Å². The summed E-state index contributed by atoms with van der Waals surface area (Å²) in [6.45, 7) is 4.49. The molecule has 0 aliphatic rings. The molecule has 23 heavy (non-hydrogen) atoms. The van der Waals surface area contributed by atoms with Crippen LogP contribution in [0.4, 0.5) is 5.69 Å². The normalized spacial score (nSPS) is 11.6. The summed E-state index contributed by atoms with van der Waals surface area (Å²) in [7, 11) is 1.31. The Morgan fingerprint density at radius 1 is 1.30 bits per heavy atom. The monoisotopic (exact) mass is 322 g/mol. The van der Waals surface area contributed by atoms with Crippen LogP contribution in [0, 0.1) is 16.0 Å². The minimum absolute atomic E-state index is 0.0652. The molecule has 0 bridgehead atoms. The molecule has 0 heterocycles. The van der Waals surface area contributed by atoms with Gasteiger partial charge in [0.1, 0.15) is 0 Å². The lowest BCUT2D eigenvalue weighted by Crippen LogP contribution is -2.38. The smallest absolute Gasteiger partial charge is 0.310 e. The Balaban J connectivity index is 2.89. The summed E-state index contributed by atoms with van der Waals surface area (Å²) in [6.07, 6.45) is 1.73. The summed E-state index contributed by atoms with van der Waals surface area (Å²) in [5, 5.41) is 10.7. The number of nitro benzene ring substituents is 1. The molecule has 1 aromatic carbocycles. The van der Waals surface area contributed by atoms with E-state index >= 15 is 0 Å². The standard InChI is InChI=1S/C16H22N2O5/c1-4-5-10-17(11-12(2)16(20)23-3)15(19)13-6-8-14(9-7-13)18(21)22/h6-9,12H,4-5,10-11H2,1-3H3. The van der Waals surface area contributed by atoms with Gasteiger partial charge in [-0.15, -0.1) is 0 Å². The quantitative estimate of drug-likeness (QED) is 0.417. The van der Waals surface area contributed by atoms with Gasteiger partial charge in [-0.25, -0.2) is 0 Å². The predicted molar refractivity (Wildman–Crippen MR) is 85.1 cm³/mol. The zero-order chi connectivity index (χ0) is 17.4. The van der Waals surface area contributed by atoms with Crippen LogP contribution in [0.3, 0.4) is 0 Å². The van der Waals surface area contributed by atoms with Crippen LogP contribution in [0.2, 0.25) is 0 Å². The third-order valence-electron chi connectivity index (χ3n) is 3.49. The van der Waals surface area contributed by atoms with E-state index < -0.39 is 10.8 Å². The number of unbranched alkanes of at least 4 members (excludes halogenated alkanes) is 1. The van der Waals surface area contributed by atoms with E-state index in [0.717, 1.165) is 12.8 Å². The van der Waals surface area contributed by atoms with E-state index in [1.807, 2.05) is 6.92 Å². The number of esters is 1. The van der Waals surface area contributed by atoms with Gasteiger partial charge < -0.3 is 9.64 Å². The van der Waals surface area contributed by atoms with Gasteiger partial charge in [0.05, 0.1) is 18.0 Å². The SMILES string of the molecule is CCCCN(CC(C)C(=O)OC)C(=O)c1ccc([N+](=O)[O-])cc1. The number of amides is 1. The maximum atomic E-state index is 12.6. The molecular formula is C16H22N2O5. The van der Waals surface area contributed by atoms with Gasteiger partial charge in [-0.1, -0.05) is 20.3 Å². The summed E-state index contributed by atoms with van der Waals surface area (Å²) < 4.78 is 4.69. The number of hydrogen-bond acceptors (Lipinski definition) is 5. The molecule has 1 rings (SSSR count). The fraction of sp³-hybridized carbons (Fsp3) is 0.500. The summed E-state index contributed by atoms with van der Waals surface area (Å²) in [4.78, 5) is 35.9. The maximum Gasteiger partial charge on any atom is 0.310 e. The lowest BCUT2D eigenvalue weighted by Gasteiger charge is -2.25. The molecule has 1 amide bonds. The molecule has 126 valence electrons. The molecule has 0 aliphatic heterocycles. The van der Waals surface area contributed by atoms with Gasteiger partial charge in [-0.2, -0.15) is 0 Å².